The van der Waals surface area contributed by atoms with Gasteiger partial charge in [0, 0.05) is 19.3 Å². The van der Waals surface area contributed by atoms with Crippen molar-refractivity contribution < 1.29 is 14.3 Å². The van der Waals surface area contributed by atoms with E-state index in [1.54, 1.807) is 0 Å². The predicted molar refractivity (Wildman–Crippen MR) is 69.7 cm³/mol. The number of hydrogen-bond acceptors (Lipinski definition) is 4. The molecule has 1 aromatic rings. The van der Waals surface area contributed by atoms with Crippen LogP contribution in [-0.4, -0.2) is 21.3 Å². The van der Waals surface area contributed by atoms with Crippen LogP contribution in [0.15, 0.2) is 4.42 Å². The van der Waals surface area contributed by atoms with Crippen molar-refractivity contribution in [3.05, 3.63) is 11.8 Å². The van der Waals surface area contributed by atoms with E-state index in [1.165, 1.54) is 25.7 Å². The minimum absolute atomic E-state index is 0.0284. The molecule has 0 aliphatic heterocycles. The number of aromatic nitrogens is 2. The first kappa shape index (κ1) is 14.0. The third kappa shape index (κ3) is 4.65. The molecule has 19 heavy (non-hydrogen) atoms. The lowest BCUT2D eigenvalue weighted by Gasteiger charge is -2.05. The normalized spacial score (nSPS) is 17.7. The van der Waals surface area contributed by atoms with Gasteiger partial charge in [-0.05, 0) is 18.3 Å². The lowest BCUT2D eigenvalue weighted by atomic mass is 10.0. The molecule has 1 aliphatic carbocycles. The van der Waals surface area contributed by atoms with Crippen molar-refractivity contribution in [2.45, 2.75) is 58.3 Å². The number of carbonyl (C=O) groups is 1. The molecular weight excluding hydrogens is 244 g/mol. The molecular formula is C14H22N2O3. The molecule has 106 valence electrons. The lowest BCUT2D eigenvalue weighted by molar-refractivity contribution is -0.137. The SMILES string of the molecule is CC(CC(=O)O)Cc1nnc(CCC2CCCC2)o1. The molecule has 0 aromatic carbocycles. The number of hydrogen-bond donors (Lipinski definition) is 1. The van der Waals surface area contributed by atoms with Crippen LogP contribution < -0.4 is 0 Å². The first-order valence-electron chi connectivity index (χ1n) is 7.16. The molecule has 1 atom stereocenters. The summed E-state index contributed by atoms with van der Waals surface area (Å²) in [5.41, 5.74) is 0. The van der Waals surface area contributed by atoms with Crippen molar-refractivity contribution in [3.63, 3.8) is 0 Å². The fourth-order valence-corrected chi connectivity index (χ4v) is 2.77. The molecule has 1 N–H and O–H groups in total. The minimum atomic E-state index is -0.784. The second-order valence-corrected chi connectivity index (χ2v) is 5.69. The van der Waals surface area contributed by atoms with Gasteiger partial charge in [-0.1, -0.05) is 32.6 Å². The van der Waals surface area contributed by atoms with Crippen LogP contribution in [0.3, 0.4) is 0 Å². The highest BCUT2D eigenvalue weighted by Gasteiger charge is 2.17. The molecule has 0 amide bonds. The molecule has 1 aromatic heterocycles. The van der Waals surface area contributed by atoms with Gasteiger partial charge in [0.1, 0.15) is 0 Å². The summed E-state index contributed by atoms with van der Waals surface area (Å²) in [5.74, 6) is 1.33. The highest BCUT2D eigenvalue weighted by atomic mass is 16.4. The Morgan fingerprint density at radius 1 is 1.37 bits per heavy atom. The van der Waals surface area contributed by atoms with Crippen LogP contribution in [-0.2, 0) is 17.6 Å². The van der Waals surface area contributed by atoms with Gasteiger partial charge < -0.3 is 9.52 Å². The standard InChI is InChI=1S/C14H22N2O3/c1-10(9-14(17)18)8-13-16-15-12(19-13)7-6-11-4-2-3-5-11/h10-11H,2-9H2,1H3,(H,17,18). The molecule has 1 fully saturated rings. The zero-order chi connectivity index (χ0) is 13.7. The van der Waals surface area contributed by atoms with Gasteiger partial charge >= 0.3 is 5.97 Å². The molecule has 2 rings (SSSR count). The van der Waals surface area contributed by atoms with Crippen molar-refractivity contribution in [3.8, 4) is 0 Å². The van der Waals surface area contributed by atoms with E-state index in [9.17, 15) is 4.79 Å². The summed E-state index contributed by atoms with van der Waals surface area (Å²) in [5, 5.41) is 16.8. The fraction of sp³-hybridized carbons (Fsp3) is 0.786. The molecule has 0 bridgehead atoms. The van der Waals surface area contributed by atoms with Gasteiger partial charge in [0.05, 0.1) is 0 Å². The maximum atomic E-state index is 10.6. The number of aryl methyl sites for hydroxylation is 1. The van der Waals surface area contributed by atoms with Crippen LogP contribution in [0, 0.1) is 11.8 Å². The summed E-state index contributed by atoms with van der Waals surface area (Å²) in [6.07, 6.45) is 8.03. The van der Waals surface area contributed by atoms with E-state index in [4.69, 9.17) is 9.52 Å². The summed E-state index contributed by atoms with van der Waals surface area (Å²) in [6, 6.07) is 0. The Labute approximate surface area is 113 Å². The van der Waals surface area contributed by atoms with Crippen LogP contribution in [0.25, 0.3) is 0 Å². The lowest BCUT2D eigenvalue weighted by Crippen LogP contribution is -2.07. The zero-order valence-corrected chi connectivity index (χ0v) is 11.5. The highest BCUT2D eigenvalue weighted by Crippen LogP contribution is 2.28. The van der Waals surface area contributed by atoms with Gasteiger partial charge in [-0.25, -0.2) is 0 Å². The molecule has 1 unspecified atom stereocenters. The highest BCUT2D eigenvalue weighted by molar-refractivity contribution is 5.66. The summed E-state index contributed by atoms with van der Waals surface area (Å²) < 4.78 is 5.58. The Morgan fingerprint density at radius 3 is 2.74 bits per heavy atom. The van der Waals surface area contributed by atoms with E-state index in [-0.39, 0.29) is 12.3 Å². The second kappa shape index (κ2) is 6.68. The second-order valence-electron chi connectivity index (χ2n) is 5.69. The summed E-state index contributed by atoms with van der Waals surface area (Å²) >= 11 is 0. The first-order valence-corrected chi connectivity index (χ1v) is 7.16. The van der Waals surface area contributed by atoms with E-state index in [0.29, 0.717) is 18.2 Å². The number of aliphatic carboxylic acids is 1. The van der Waals surface area contributed by atoms with Crippen molar-refractivity contribution in [1.29, 1.82) is 0 Å². The van der Waals surface area contributed by atoms with Crippen molar-refractivity contribution in [2.75, 3.05) is 0 Å². The van der Waals surface area contributed by atoms with E-state index in [1.807, 2.05) is 6.92 Å². The molecule has 1 aliphatic rings. The molecule has 1 heterocycles. The van der Waals surface area contributed by atoms with Crippen molar-refractivity contribution in [1.82, 2.24) is 10.2 Å². The topological polar surface area (TPSA) is 76.2 Å². The van der Waals surface area contributed by atoms with Gasteiger partial charge in [0.25, 0.3) is 0 Å². The molecule has 5 heteroatoms. The number of nitrogens with zero attached hydrogens (tertiary/aromatic N) is 2. The Morgan fingerprint density at radius 2 is 2.05 bits per heavy atom. The molecule has 1 saturated carbocycles. The summed E-state index contributed by atoms with van der Waals surface area (Å²) in [7, 11) is 0. The van der Waals surface area contributed by atoms with Gasteiger partial charge in [-0.2, -0.15) is 0 Å². The average molecular weight is 266 g/mol. The monoisotopic (exact) mass is 266 g/mol. The Kier molecular flexibility index (Phi) is 4.93. The molecule has 0 radical (unpaired) electrons. The van der Waals surface area contributed by atoms with E-state index >= 15 is 0 Å². The Hall–Kier alpha value is -1.39. The minimum Gasteiger partial charge on any atom is -0.481 e. The van der Waals surface area contributed by atoms with Crippen LogP contribution in [0.4, 0.5) is 0 Å². The average Bonchev–Trinajstić information content (AvgIpc) is 2.95. The molecule has 5 nitrogen and oxygen atoms in total. The third-order valence-corrected chi connectivity index (χ3v) is 3.80. The number of carboxylic acid groups (broad SMARTS) is 1. The van der Waals surface area contributed by atoms with E-state index in [0.717, 1.165) is 18.8 Å². The maximum absolute atomic E-state index is 10.6. The predicted octanol–water partition coefficient (Wildman–Crippen LogP) is 2.85. The molecule has 0 spiro atoms. The van der Waals surface area contributed by atoms with E-state index in [2.05, 4.69) is 10.2 Å². The molecule has 0 saturated heterocycles. The van der Waals surface area contributed by atoms with Crippen LogP contribution in [0.5, 0.6) is 0 Å². The first-order chi connectivity index (χ1) is 9.13. The van der Waals surface area contributed by atoms with Crippen molar-refractivity contribution >= 4 is 5.97 Å². The smallest absolute Gasteiger partial charge is 0.303 e. The Balaban J connectivity index is 1.76. The van der Waals surface area contributed by atoms with Gasteiger partial charge in [0.2, 0.25) is 11.8 Å². The van der Waals surface area contributed by atoms with Gasteiger partial charge in [-0.15, -0.1) is 10.2 Å². The third-order valence-electron chi connectivity index (χ3n) is 3.80. The van der Waals surface area contributed by atoms with Crippen LogP contribution in [0.1, 0.15) is 57.2 Å². The number of carboxylic acids is 1. The van der Waals surface area contributed by atoms with E-state index < -0.39 is 5.97 Å². The summed E-state index contributed by atoms with van der Waals surface area (Å²) in [6.45, 7) is 1.89. The van der Waals surface area contributed by atoms with Gasteiger partial charge in [-0.3, -0.25) is 4.79 Å². The zero-order valence-electron chi connectivity index (χ0n) is 11.5. The quantitative estimate of drug-likeness (QED) is 0.821. The van der Waals surface area contributed by atoms with Crippen molar-refractivity contribution in [2.24, 2.45) is 11.8 Å². The fourth-order valence-electron chi connectivity index (χ4n) is 2.77. The van der Waals surface area contributed by atoms with Crippen LogP contribution >= 0.6 is 0 Å². The van der Waals surface area contributed by atoms with Gasteiger partial charge in [0.15, 0.2) is 0 Å². The summed E-state index contributed by atoms with van der Waals surface area (Å²) in [4.78, 5) is 10.6. The number of rotatable bonds is 7. The largest absolute Gasteiger partial charge is 0.481 e. The maximum Gasteiger partial charge on any atom is 0.303 e. The Bertz CT molecular complexity index is 411. The van der Waals surface area contributed by atoms with Crippen LogP contribution in [0.2, 0.25) is 0 Å².